The standard InChI is InChI=1S/C17H23N5O2.ClH/c23-16(19-6-3-9-21-10-7-18-8-11-21)12-22-13-20-15-5-2-1-4-14(15)17(22)24;/h1-2,4-5,13,18H,3,6-12H2,(H,19,23);1H. The van der Waals surface area contributed by atoms with Gasteiger partial charge in [-0.2, -0.15) is 0 Å². The highest BCUT2D eigenvalue weighted by atomic mass is 35.5. The van der Waals surface area contributed by atoms with Gasteiger partial charge in [0.1, 0.15) is 6.54 Å². The van der Waals surface area contributed by atoms with Crippen molar-refractivity contribution in [2.24, 2.45) is 0 Å². The highest BCUT2D eigenvalue weighted by Crippen LogP contribution is 2.04. The highest BCUT2D eigenvalue weighted by Gasteiger charge is 2.10. The summed E-state index contributed by atoms with van der Waals surface area (Å²) >= 11 is 0. The van der Waals surface area contributed by atoms with Crippen LogP contribution in [0.25, 0.3) is 10.9 Å². The molecule has 2 heterocycles. The van der Waals surface area contributed by atoms with Crippen LogP contribution in [0.2, 0.25) is 0 Å². The molecule has 2 aromatic rings. The van der Waals surface area contributed by atoms with Gasteiger partial charge in [-0.25, -0.2) is 4.98 Å². The van der Waals surface area contributed by atoms with Crippen LogP contribution in [-0.2, 0) is 11.3 Å². The monoisotopic (exact) mass is 365 g/mol. The SMILES string of the molecule is Cl.O=C(Cn1cnc2ccccc2c1=O)NCCCN1CCNCC1. The Morgan fingerprint density at radius 3 is 2.80 bits per heavy atom. The van der Waals surface area contributed by atoms with Crippen LogP contribution in [0.4, 0.5) is 0 Å². The van der Waals surface area contributed by atoms with Crippen molar-refractivity contribution in [2.45, 2.75) is 13.0 Å². The van der Waals surface area contributed by atoms with E-state index in [-0.39, 0.29) is 30.4 Å². The molecular weight excluding hydrogens is 342 g/mol. The van der Waals surface area contributed by atoms with E-state index in [1.54, 1.807) is 18.2 Å². The minimum Gasteiger partial charge on any atom is -0.354 e. The first-order valence-corrected chi connectivity index (χ1v) is 8.38. The largest absolute Gasteiger partial charge is 0.354 e. The van der Waals surface area contributed by atoms with E-state index in [4.69, 9.17) is 0 Å². The van der Waals surface area contributed by atoms with E-state index >= 15 is 0 Å². The number of nitrogens with zero attached hydrogens (tertiary/aromatic N) is 3. The Kier molecular flexibility index (Phi) is 7.36. The van der Waals surface area contributed by atoms with Gasteiger partial charge in [0.25, 0.3) is 5.56 Å². The zero-order valence-corrected chi connectivity index (χ0v) is 14.9. The van der Waals surface area contributed by atoms with E-state index in [2.05, 4.69) is 20.5 Å². The minimum absolute atomic E-state index is 0. The first-order chi connectivity index (χ1) is 11.7. The summed E-state index contributed by atoms with van der Waals surface area (Å²) in [7, 11) is 0. The van der Waals surface area contributed by atoms with Crippen LogP contribution < -0.4 is 16.2 Å². The molecular formula is C17H24ClN5O2. The van der Waals surface area contributed by atoms with E-state index < -0.39 is 0 Å². The van der Waals surface area contributed by atoms with Gasteiger partial charge in [-0.15, -0.1) is 12.4 Å². The van der Waals surface area contributed by atoms with E-state index in [1.807, 2.05) is 6.07 Å². The quantitative estimate of drug-likeness (QED) is 0.716. The molecule has 0 atom stereocenters. The van der Waals surface area contributed by atoms with Crippen LogP contribution in [0.5, 0.6) is 0 Å². The lowest BCUT2D eigenvalue weighted by molar-refractivity contribution is -0.121. The Morgan fingerprint density at radius 2 is 2.00 bits per heavy atom. The lowest BCUT2D eigenvalue weighted by Gasteiger charge is -2.27. The van der Waals surface area contributed by atoms with Gasteiger partial charge in [-0.1, -0.05) is 12.1 Å². The van der Waals surface area contributed by atoms with Crippen molar-refractivity contribution < 1.29 is 4.79 Å². The molecule has 0 bridgehead atoms. The first-order valence-electron chi connectivity index (χ1n) is 8.38. The van der Waals surface area contributed by atoms with Crippen molar-refractivity contribution in [3.63, 3.8) is 0 Å². The molecule has 1 fully saturated rings. The number of halogens is 1. The molecule has 1 aromatic heterocycles. The molecule has 0 unspecified atom stereocenters. The maximum atomic E-state index is 12.3. The molecule has 1 saturated heterocycles. The van der Waals surface area contributed by atoms with Crippen molar-refractivity contribution in [1.29, 1.82) is 0 Å². The molecule has 136 valence electrons. The third-order valence-electron chi connectivity index (χ3n) is 4.23. The van der Waals surface area contributed by atoms with Crippen molar-refractivity contribution in [2.75, 3.05) is 39.3 Å². The second kappa shape index (κ2) is 9.50. The fourth-order valence-corrected chi connectivity index (χ4v) is 2.89. The van der Waals surface area contributed by atoms with Crippen LogP contribution in [-0.4, -0.2) is 59.6 Å². The predicted molar refractivity (Wildman–Crippen MR) is 100 cm³/mol. The predicted octanol–water partition coefficient (Wildman–Crippen LogP) is 0.230. The smallest absolute Gasteiger partial charge is 0.261 e. The number of aromatic nitrogens is 2. The first kappa shape index (κ1) is 19.4. The molecule has 0 saturated carbocycles. The number of hydrogen-bond acceptors (Lipinski definition) is 5. The Morgan fingerprint density at radius 1 is 1.24 bits per heavy atom. The molecule has 3 rings (SSSR count). The van der Waals surface area contributed by atoms with Crippen molar-refractivity contribution in [3.05, 3.63) is 40.9 Å². The number of benzene rings is 1. The van der Waals surface area contributed by atoms with Gasteiger partial charge in [0, 0.05) is 32.7 Å². The average Bonchev–Trinajstić information content (AvgIpc) is 2.62. The molecule has 2 N–H and O–H groups in total. The topological polar surface area (TPSA) is 79.3 Å². The third kappa shape index (κ3) is 5.26. The molecule has 1 aromatic carbocycles. The van der Waals surface area contributed by atoms with Gasteiger partial charge >= 0.3 is 0 Å². The Balaban J connectivity index is 0.00000225. The number of para-hydroxylation sites is 1. The van der Waals surface area contributed by atoms with Crippen LogP contribution in [0, 0.1) is 0 Å². The van der Waals surface area contributed by atoms with Crippen molar-refractivity contribution >= 4 is 29.2 Å². The van der Waals surface area contributed by atoms with E-state index in [0.717, 1.165) is 39.1 Å². The fraction of sp³-hybridized carbons (Fsp3) is 0.471. The molecule has 0 aliphatic carbocycles. The van der Waals surface area contributed by atoms with Crippen molar-refractivity contribution in [1.82, 2.24) is 25.1 Å². The molecule has 1 amide bonds. The molecule has 0 spiro atoms. The number of fused-ring (bicyclic) bond motifs is 1. The van der Waals surface area contributed by atoms with Gasteiger partial charge in [-0.05, 0) is 25.1 Å². The lowest BCUT2D eigenvalue weighted by Crippen LogP contribution is -2.44. The van der Waals surface area contributed by atoms with E-state index in [1.165, 1.54) is 10.9 Å². The zero-order chi connectivity index (χ0) is 16.8. The fourth-order valence-electron chi connectivity index (χ4n) is 2.89. The van der Waals surface area contributed by atoms with Gasteiger partial charge in [0.15, 0.2) is 0 Å². The maximum Gasteiger partial charge on any atom is 0.261 e. The Hall–Kier alpha value is -1.96. The van der Waals surface area contributed by atoms with Crippen LogP contribution in [0.15, 0.2) is 35.4 Å². The van der Waals surface area contributed by atoms with Crippen LogP contribution in [0.3, 0.4) is 0 Å². The summed E-state index contributed by atoms with van der Waals surface area (Å²) in [4.78, 5) is 31.0. The Labute approximate surface area is 152 Å². The van der Waals surface area contributed by atoms with Crippen molar-refractivity contribution in [3.8, 4) is 0 Å². The molecule has 1 aliphatic heterocycles. The van der Waals surface area contributed by atoms with Gasteiger partial charge in [0.2, 0.25) is 5.91 Å². The summed E-state index contributed by atoms with van der Waals surface area (Å²) in [5, 5.41) is 6.73. The molecule has 25 heavy (non-hydrogen) atoms. The normalized spacial score (nSPS) is 14.9. The number of rotatable bonds is 6. The molecule has 0 radical (unpaired) electrons. The second-order valence-corrected chi connectivity index (χ2v) is 5.99. The van der Waals surface area contributed by atoms with E-state index in [9.17, 15) is 9.59 Å². The number of amides is 1. The van der Waals surface area contributed by atoms with Gasteiger partial charge < -0.3 is 15.5 Å². The van der Waals surface area contributed by atoms with Crippen LogP contribution >= 0.6 is 12.4 Å². The molecule has 7 nitrogen and oxygen atoms in total. The van der Waals surface area contributed by atoms with Crippen LogP contribution in [0.1, 0.15) is 6.42 Å². The third-order valence-corrected chi connectivity index (χ3v) is 4.23. The molecule has 8 heteroatoms. The number of hydrogen-bond donors (Lipinski definition) is 2. The number of piperazine rings is 1. The zero-order valence-electron chi connectivity index (χ0n) is 14.1. The minimum atomic E-state index is -0.184. The summed E-state index contributed by atoms with van der Waals surface area (Å²) in [6, 6.07) is 7.15. The highest BCUT2D eigenvalue weighted by molar-refractivity contribution is 5.85. The Bertz CT molecular complexity index is 758. The summed E-state index contributed by atoms with van der Waals surface area (Å²) < 4.78 is 1.36. The number of carbonyl (C=O) groups excluding carboxylic acids is 1. The molecule has 1 aliphatic rings. The summed E-state index contributed by atoms with van der Waals surface area (Å²) in [5.41, 5.74) is 0.465. The maximum absolute atomic E-state index is 12.3. The summed E-state index contributed by atoms with van der Waals surface area (Å²) in [6.45, 7) is 5.80. The van der Waals surface area contributed by atoms with Gasteiger partial charge in [-0.3, -0.25) is 14.2 Å². The lowest BCUT2D eigenvalue weighted by atomic mass is 10.2. The second-order valence-electron chi connectivity index (χ2n) is 5.99. The van der Waals surface area contributed by atoms with Gasteiger partial charge in [0.05, 0.1) is 17.2 Å². The average molecular weight is 366 g/mol. The number of carbonyl (C=O) groups is 1. The summed E-state index contributed by atoms with van der Waals surface area (Å²) in [6.07, 6.45) is 2.35. The van der Waals surface area contributed by atoms with E-state index in [0.29, 0.717) is 17.4 Å². The number of nitrogens with one attached hydrogen (secondary N) is 2. The summed E-state index contributed by atoms with van der Waals surface area (Å²) in [5.74, 6) is -0.158.